The van der Waals surface area contributed by atoms with Gasteiger partial charge in [-0.3, -0.25) is 5.32 Å². The Morgan fingerprint density at radius 3 is 2.17 bits per heavy atom. The number of nitrogens with two attached hydrogens (primary N) is 1. The van der Waals surface area contributed by atoms with Gasteiger partial charge in [0.05, 0.1) is 0 Å². The van der Waals surface area contributed by atoms with E-state index in [-0.39, 0.29) is 0 Å². The predicted octanol–water partition coefficient (Wildman–Crippen LogP) is -0.954. The highest BCUT2D eigenvalue weighted by molar-refractivity contribution is 6.00. The maximum absolute atomic E-state index is 10.8. The molecule has 12 heavy (non-hydrogen) atoms. The Morgan fingerprint density at radius 2 is 1.83 bits per heavy atom. The Labute approximate surface area is 68.9 Å². The van der Waals surface area contributed by atoms with Gasteiger partial charge in [0.15, 0.2) is 0 Å². The number of nitrogens with one attached hydrogen (secondary N) is 2. The molecular weight excluding hydrogens is 164 g/mol. The zero-order valence-corrected chi connectivity index (χ0v) is 6.75. The van der Waals surface area contributed by atoms with Crippen molar-refractivity contribution < 1.29 is 14.4 Å². The van der Waals surface area contributed by atoms with Crippen LogP contribution < -0.4 is 16.4 Å². The molecule has 0 unspecified atom stereocenters. The normalized spacial score (nSPS) is 8.50. The van der Waals surface area contributed by atoms with Gasteiger partial charge in [0.1, 0.15) is 0 Å². The average molecular weight is 174 g/mol. The Balaban J connectivity index is 4.04. The fourth-order valence-corrected chi connectivity index (χ4v) is 0.344. The average Bonchev–Trinajstić information content (AvgIpc) is 2.02. The zero-order chi connectivity index (χ0) is 9.72. The third kappa shape index (κ3) is 2.86. The molecule has 0 heterocycles. The molecule has 0 aliphatic heterocycles. The number of carbonyl (C=O) groups excluding carboxylic acids is 3. The molecule has 0 aromatic rings. The number of urea groups is 3. The summed E-state index contributed by atoms with van der Waals surface area (Å²) in [5.74, 6) is 0. The maximum Gasteiger partial charge on any atom is 0.333 e. The second-order valence-corrected chi connectivity index (χ2v) is 1.91. The number of primary amides is 1. The van der Waals surface area contributed by atoms with Crippen LogP contribution in [0.1, 0.15) is 0 Å². The minimum absolute atomic E-state index is 0.579. The van der Waals surface area contributed by atoms with Gasteiger partial charge < -0.3 is 11.1 Å². The van der Waals surface area contributed by atoms with Crippen LogP contribution in [-0.2, 0) is 0 Å². The molecule has 68 valence electrons. The van der Waals surface area contributed by atoms with E-state index in [0.29, 0.717) is 4.90 Å². The number of imide groups is 2. The molecule has 0 bridgehead atoms. The van der Waals surface area contributed by atoms with Gasteiger partial charge in [-0.25, -0.2) is 19.3 Å². The summed E-state index contributed by atoms with van der Waals surface area (Å²) in [6, 6.07) is -2.51. The first-order valence-corrected chi connectivity index (χ1v) is 3.05. The van der Waals surface area contributed by atoms with E-state index in [1.807, 2.05) is 5.32 Å². The van der Waals surface area contributed by atoms with Crippen molar-refractivity contribution in [2.24, 2.45) is 5.73 Å². The molecule has 0 aromatic carbocycles. The molecule has 0 saturated heterocycles. The number of nitrogens with zero attached hydrogens (tertiary/aromatic N) is 1. The first kappa shape index (κ1) is 10.2. The Kier molecular flexibility index (Phi) is 3.54. The minimum Gasteiger partial charge on any atom is -0.351 e. The van der Waals surface area contributed by atoms with Crippen LogP contribution in [0.2, 0.25) is 0 Å². The van der Waals surface area contributed by atoms with E-state index in [0.717, 1.165) is 7.05 Å². The summed E-state index contributed by atoms with van der Waals surface area (Å²) >= 11 is 0. The van der Waals surface area contributed by atoms with Gasteiger partial charge >= 0.3 is 18.1 Å². The highest BCUT2D eigenvalue weighted by Gasteiger charge is 2.14. The van der Waals surface area contributed by atoms with Crippen LogP contribution in [0.5, 0.6) is 0 Å². The lowest BCUT2D eigenvalue weighted by molar-refractivity contribution is 0.198. The summed E-state index contributed by atoms with van der Waals surface area (Å²) in [7, 11) is 2.49. The van der Waals surface area contributed by atoms with Crippen LogP contribution in [0.3, 0.4) is 0 Å². The SMILES string of the molecule is CNC(=O)NC(=O)N(C)C(N)=O. The van der Waals surface area contributed by atoms with Crippen LogP contribution in [0.15, 0.2) is 0 Å². The fourth-order valence-electron chi connectivity index (χ4n) is 0.344. The second kappa shape index (κ2) is 4.16. The molecule has 0 saturated carbocycles. The molecule has 7 heteroatoms. The molecule has 0 fully saturated rings. The van der Waals surface area contributed by atoms with Crippen LogP contribution in [-0.4, -0.2) is 37.1 Å². The van der Waals surface area contributed by atoms with Crippen molar-refractivity contribution in [2.75, 3.05) is 14.1 Å². The molecule has 0 spiro atoms. The number of rotatable bonds is 0. The van der Waals surface area contributed by atoms with E-state index in [4.69, 9.17) is 5.73 Å². The molecule has 7 nitrogen and oxygen atoms in total. The Morgan fingerprint density at radius 1 is 1.33 bits per heavy atom. The topological polar surface area (TPSA) is 105 Å². The summed E-state index contributed by atoms with van der Waals surface area (Å²) in [6.07, 6.45) is 0. The van der Waals surface area contributed by atoms with Crippen LogP contribution in [0.25, 0.3) is 0 Å². The molecule has 0 atom stereocenters. The Hall–Kier alpha value is -1.79. The minimum atomic E-state index is -0.934. The molecule has 0 rings (SSSR count). The van der Waals surface area contributed by atoms with Crippen molar-refractivity contribution in [1.29, 1.82) is 0 Å². The van der Waals surface area contributed by atoms with Crippen LogP contribution in [0, 0.1) is 0 Å². The third-order valence-corrected chi connectivity index (χ3v) is 1.08. The number of hydrogen-bond donors (Lipinski definition) is 3. The van der Waals surface area contributed by atoms with Crippen LogP contribution >= 0.6 is 0 Å². The van der Waals surface area contributed by atoms with Crippen molar-refractivity contribution in [3.05, 3.63) is 0 Å². The van der Waals surface area contributed by atoms with Crippen molar-refractivity contribution >= 4 is 18.1 Å². The quantitative estimate of drug-likeness (QED) is 0.440. The molecule has 0 aliphatic rings. The van der Waals surface area contributed by atoms with Crippen molar-refractivity contribution in [1.82, 2.24) is 15.5 Å². The molecule has 6 amide bonds. The van der Waals surface area contributed by atoms with E-state index in [1.54, 1.807) is 0 Å². The van der Waals surface area contributed by atoms with Crippen molar-refractivity contribution in [3.63, 3.8) is 0 Å². The lowest BCUT2D eigenvalue weighted by Crippen LogP contribution is -2.48. The highest BCUT2D eigenvalue weighted by atomic mass is 16.2. The van der Waals surface area contributed by atoms with Crippen molar-refractivity contribution in [3.8, 4) is 0 Å². The monoisotopic (exact) mass is 174 g/mol. The van der Waals surface area contributed by atoms with E-state index in [1.165, 1.54) is 7.05 Å². The summed E-state index contributed by atoms with van der Waals surface area (Å²) in [5, 5.41) is 3.99. The second-order valence-electron chi connectivity index (χ2n) is 1.91. The lowest BCUT2D eigenvalue weighted by atomic mass is 10.7. The molecule has 0 radical (unpaired) electrons. The van der Waals surface area contributed by atoms with Gasteiger partial charge in [0.25, 0.3) is 0 Å². The Bertz CT molecular complexity index is 215. The summed E-state index contributed by atoms with van der Waals surface area (Å²) in [5.41, 5.74) is 4.75. The molecule has 0 aliphatic carbocycles. The first-order chi connectivity index (χ1) is 5.49. The van der Waals surface area contributed by atoms with E-state index in [2.05, 4.69) is 5.32 Å². The van der Waals surface area contributed by atoms with Gasteiger partial charge in [0, 0.05) is 14.1 Å². The van der Waals surface area contributed by atoms with Gasteiger partial charge in [-0.05, 0) is 0 Å². The zero-order valence-electron chi connectivity index (χ0n) is 6.75. The van der Waals surface area contributed by atoms with Gasteiger partial charge in [-0.15, -0.1) is 0 Å². The van der Waals surface area contributed by atoms with Crippen molar-refractivity contribution in [2.45, 2.75) is 0 Å². The number of hydrogen-bond acceptors (Lipinski definition) is 3. The smallest absolute Gasteiger partial charge is 0.333 e. The standard InChI is InChI=1S/C5H10N4O3/c1-7-4(11)8-5(12)9(2)3(6)10/h1-2H3,(H2,6,10)(H2,7,8,11,12). The van der Waals surface area contributed by atoms with E-state index >= 15 is 0 Å². The molecular formula is C5H10N4O3. The molecule has 4 N–H and O–H groups in total. The number of amides is 6. The van der Waals surface area contributed by atoms with Gasteiger partial charge in [-0.2, -0.15) is 0 Å². The largest absolute Gasteiger partial charge is 0.351 e. The molecule has 0 aromatic heterocycles. The maximum atomic E-state index is 10.8. The fraction of sp³-hybridized carbons (Fsp3) is 0.400. The summed E-state index contributed by atoms with van der Waals surface area (Å²) < 4.78 is 0. The van der Waals surface area contributed by atoms with E-state index in [9.17, 15) is 14.4 Å². The highest BCUT2D eigenvalue weighted by Crippen LogP contribution is 1.81. The van der Waals surface area contributed by atoms with Gasteiger partial charge in [-0.1, -0.05) is 0 Å². The third-order valence-electron chi connectivity index (χ3n) is 1.08. The first-order valence-electron chi connectivity index (χ1n) is 3.05. The summed E-state index contributed by atoms with van der Waals surface area (Å²) in [4.78, 5) is 32.3. The van der Waals surface area contributed by atoms with E-state index < -0.39 is 18.1 Å². The summed E-state index contributed by atoms with van der Waals surface area (Å²) in [6.45, 7) is 0. The number of carbonyl (C=O) groups is 3. The van der Waals surface area contributed by atoms with Gasteiger partial charge in [0.2, 0.25) is 0 Å². The lowest BCUT2D eigenvalue weighted by Gasteiger charge is -2.11. The predicted molar refractivity (Wildman–Crippen MR) is 40.3 cm³/mol. The van der Waals surface area contributed by atoms with Crippen LogP contribution in [0.4, 0.5) is 14.4 Å².